The van der Waals surface area contributed by atoms with Crippen LogP contribution in [-0.2, 0) is 20.0 Å². The summed E-state index contributed by atoms with van der Waals surface area (Å²) in [6, 6.07) is 9.42. The predicted octanol–water partition coefficient (Wildman–Crippen LogP) is 2.34. The Morgan fingerprint density at radius 1 is 1.00 bits per heavy atom. The molecule has 8 heteroatoms. The van der Waals surface area contributed by atoms with Gasteiger partial charge in [0, 0.05) is 56.6 Å². The Morgan fingerprint density at radius 3 is 2.52 bits per heavy atom. The Bertz CT molecular complexity index is 1080. The maximum absolute atomic E-state index is 6.13. The molecule has 2 aliphatic heterocycles. The van der Waals surface area contributed by atoms with E-state index in [0.717, 1.165) is 56.1 Å². The van der Waals surface area contributed by atoms with E-state index in [1.807, 2.05) is 24.1 Å². The first-order valence-corrected chi connectivity index (χ1v) is 11.0. The van der Waals surface area contributed by atoms with Gasteiger partial charge in [-0.3, -0.25) is 4.68 Å². The van der Waals surface area contributed by atoms with E-state index in [0.29, 0.717) is 12.0 Å². The smallest absolute Gasteiger partial charge is 0.223 e. The predicted molar refractivity (Wildman–Crippen MR) is 124 cm³/mol. The number of aryl methyl sites for hydroxylation is 1. The average molecular weight is 419 g/mol. The molecule has 0 bridgehead atoms. The van der Waals surface area contributed by atoms with Crippen molar-refractivity contribution in [3.63, 3.8) is 0 Å². The van der Waals surface area contributed by atoms with Gasteiger partial charge >= 0.3 is 0 Å². The lowest BCUT2D eigenvalue weighted by molar-refractivity contribution is 0.498. The minimum atomic E-state index is 0.280. The van der Waals surface area contributed by atoms with Gasteiger partial charge in [0.05, 0.1) is 6.20 Å². The van der Waals surface area contributed by atoms with E-state index in [1.165, 1.54) is 16.7 Å². The van der Waals surface area contributed by atoms with Gasteiger partial charge < -0.3 is 21.3 Å². The SMILES string of the molecule is CC1Cc2ccc(-c3cnn(C)c3)cc2CN1c1cc(N2CCC(N)CC2)nc(N)n1. The van der Waals surface area contributed by atoms with E-state index in [9.17, 15) is 0 Å². The molecule has 1 saturated heterocycles. The zero-order valence-corrected chi connectivity index (χ0v) is 18.2. The number of nitrogen functional groups attached to an aromatic ring is 1. The zero-order chi connectivity index (χ0) is 21.5. The van der Waals surface area contributed by atoms with Crippen molar-refractivity contribution in [2.45, 2.75) is 44.8 Å². The molecule has 1 aromatic carbocycles. The molecule has 1 fully saturated rings. The maximum Gasteiger partial charge on any atom is 0.223 e. The number of hydrogen-bond acceptors (Lipinski definition) is 7. The summed E-state index contributed by atoms with van der Waals surface area (Å²) in [6.45, 7) is 4.86. The summed E-state index contributed by atoms with van der Waals surface area (Å²) in [7, 11) is 1.94. The van der Waals surface area contributed by atoms with E-state index in [4.69, 9.17) is 11.5 Å². The lowest BCUT2D eigenvalue weighted by Crippen LogP contribution is -2.41. The van der Waals surface area contributed by atoms with Gasteiger partial charge in [-0.2, -0.15) is 15.1 Å². The van der Waals surface area contributed by atoms with Gasteiger partial charge in [-0.25, -0.2) is 0 Å². The van der Waals surface area contributed by atoms with Crippen LogP contribution < -0.4 is 21.3 Å². The van der Waals surface area contributed by atoms with Gasteiger partial charge in [-0.15, -0.1) is 0 Å². The highest BCUT2D eigenvalue weighted by atomic mass is 15.3. The first kappa shape index (κ1) is 19.8. The summed E-state index contributed by atoms with van der Waals surface area (Å²) in [5.74, 6) is 2.11. The summed E-state index contributed by atoms with van der Waals surface area (Å²) in [5, 5.41) is 4.31. The van der Waals surface area contributed by atoms with E-state index in [2.05, 4.69) is 56.1 Å². The maximum atomic E-state index is 6.13. The molecule has 8 nitrogen and oxygen atoms in total. The largest absolute Gasteiger partial charge is 0.368 e. The fourth-order valence-electron chi connectivity index (χ4n) is 4.67. The number of fused-ring (bicyclic) bond motifs is 1. The summed E-state index contributed by atoms with van der Waals surface area (Å²) >= 11 is 0. The third-order valence-electron chi connectivity index (χ3n) is 6.51. The molecule has 3 aromatic rings. The first-order valence-electron chi connectivity index (χ1n) is 11.0. The quantitative estimate of drug-likeness (QED) is 0.673. The van der Waals surface area contributed by atoms with Crippen molar-refractivity contribution in [3.8, 4) is 11.1 Å². The van der Waals surface area contributed by atoms with Gasteiger partial charge in [0.25, 0.3) is 0 Å². The third kappa shape index (κ3) is 3.95. The van der Waals surface area contributed by atoms with Crippen LogP contribution >= 0.6 is 0 Å². The van der Waals surface area contributed by atoms with Crippen LogP contribution in [0, 0.1) is 0 Å². The Balaban J connectivity index is 1.44. The van der Waals surface area contributed by atoms with Crippen LogP contribution in [0.1, 0.15) is 30.9 Å². The highest BCUT2D eigenvalue weighted by Gasteiger charge is 2.26. The lowest BCUT2D eigenvalue weighted by atomic mass is 9.92. The normalized spacial score (nSPS) is 19.5. The topological polar surface area (TPSA) is 102 Å². The number of nitrogens with zero attached hydrogens (tertiary/aromatic N) is 6. The molecule has 0 amide bonds. The van der Waals surface area contributed by atoms with Crippen molar-refractivity contribution in [2.24, 2.45) is 12.8 Å². The van der Waals surface area contributed by atoms with Gasteiger partial charge in [0.15, 0.2) is 0 Å². The molecule has 0 aliphatic carbocycles. The molecule has 4 heterocycles. The molecule has 0 radical (unpaired) electrons. The van der Waals surface area contributed by atoms with Gasteiger partial charge in [-0.05, 0) is 48.9 Å². The number of piperidine rings is 1. The van der Waals surface area contributed by atoms with E-state index < -0.39 is 0 Å². The summed E-state index contributed by atoms with van der Waals surface area (Å²) in [5.41, 5.74) is 17.2. The highest BCUT2D eigenvalue weighted by molar-refractivity contribution is 5.65. The van der Waals surface area contributed by atoms with Gasteiger partial charge in [0.2, 0.25) is 5.95 Å². The Kier molecular flexibility index (Phi) is 5.02. The van der Waals surface area contributed by atoms with E-state index in [1.54, 1.807) is 0 Å². The van der Waals surface area contributed by atoms with Crippen LogP contribution in [0.15, 0.2) is 36.7 Å². The number of hydrogen-bond donors (Lipinski definition) is 2. The van der Waals surface area contributed by atoms with E-state index in [-0.39, 0.29) is 6.04 Å². The second kappa shape index (κ2) is 7.85. The van der Waals surface area contributed by atoms with E-state index >= 15 is 0 Å². The van der Waals surface area contributed by atoms with Crippen LogP contribution in [0.25, 0.3) is 11.1 Å². The lowest BCUT2D eigenvalue weighted by Gasteiger charge is -2.37. The summed E-state index contributed by atoms with van der Waals surface area (Å²) in [6.07, 6.45) is 6.88. The fourth-order valence-corrected chi connectivity index (χ4v) is 4.67. The zero-order valence-electron chi connectivity index (χ0n) is 18.2. The molecular formula is C23H30N8. The van der Waals surface area contributed by atoms with Crippen molar-refractivity contribution in [3.05, 3.63) is 47.8 Å². The van der Waals surface area contributed by atoms with Crippen LogP contribution in [0.4, 0.5) is 17.6 Å². The molecule has 1 unspecified atom stereocenters. The third-order valence-corrected chi connectivity index (χ3v) is 6.51. The molecule has 4 N–H and O–H groups in total. The monoisotopic (exact) mass is 418 g/mol. The summed E-state index contributed by atoms with van der Waals surface area (Å²) < 4.78 is 1.84. The molecule has 31 heavy (non-hydrogen) atoms. The number of anilines is 3. The van der Waals surface area contributed by atoms with Crippen LogP contribution in [0.2, 0.25) is 0 Å². The Labute approximate surface area is 182 Å². The van der Waals surface area contributed by atoms with Crippen molar-refractivity contribution in [1.82, 2.24) is 19.7 Å². The molecule has 2 aromatic heterocycles. The second-order valence-corrected chi connectivity index (χ2v) is 8.83. The van der Waals surface area contributed by atoms with Crippen LogP contribution in [0.5, 0.6) is 0 Å². The minimum Gasteiger partial charge on any atom is -0.368 e. The standard InChI is InChI=1S/C23H30N8/c1-15-9-16-3-4-17(19-12-26-29(2)13-19)10-18(16)14-31(15)22-11-21(27-23(25)28-22)30-7-5-20(24)6-8-30/h3-4,10-13,15,20H,5-9,14,24H2,1-2H3,(H2,25,27,28). The van der Waals surface area contributed by atoms with Crippen LogP contribution in [-0.4, -0.2) is 44.9 Å². The number of rotatable bonds is 3. The molecule has 2 aliphatic rings. The Morgan fingerprint density at radius 2 is 1.77 bits per heavy atom. The van der Waals surface area contributed by atoms with Crippen molar-refractivity contribution >= 4 is 17.6 Å². The van der Waals surface area contributed by atoms with Crippen molar-refractivity contribution in [2.75, 3.05) is 28.6 Å². The second-order valence-electron chi connectivity index (χ2n) is 8.83. The van der Waals surface area contributed by atoms with Crippen molar-refractivity contribution < 1.29 is 0 Å². The van der Waals surface area contributed by atoms with Crippen LogP contribution in [0.3, 0.4) is 0 Å². The molecule has 1 atom stereocenters. The van der Waals surface area contributed by atoms with Gasteiger partial charge in [0.1, 0.15) is 11.6 Å². The number of benzene rings is 1. The molecule has 5 rings (SSSR count). The molecule has 0 saturated carbocycles. The molecular weight excluding hydrogens is 388 g/mol. The number of aromatic nitrogens is 4. The minimum absolute atomic E-state index is 0.280. The highest BCUT2D eigenvalue weighted by Crippen LogP contribution is 2.32. The Hall–Kier alpha value is -3.13. The summed E-state index contributed by atoms with van der Waals surface area (Å²) in [4.78, 5) is 13.7. The first-order chi connectivity index (χ1) is 15.0. The molecule has 162 valence electrons. The molecule has 0 spiro atoms. The van der Waals surface area contributed by atoms with Gasteiger partial charge in [-0.1, -0.05) is 12.1 Å². The van der Waals surface area contributed by atoms with Crippen molar-refractivity contribution in [1.29, 1.82) is 0 Å². The number of nitrogens with two attached hydrogens (primary N) is 2. The average Bonchev–Trinajstić information content (AvgIpc) is 3.19. The fraction of sp³-hybridized carbons (Fsp3) is 0.435.